The number of non-ortho nitro benzene ring substituents is 1. The molecular formula is C15H13BrN2O4. The van der Waals surface area contributed by atoms with Crippen molar-refractivity contribution in [3.8, 4) is 11.5 Å². The van der Waals surface area contributed by atoms with Gasteiger partial charge in [-0.15, -0.1) is 0 Å². The monoisotopic (exact) mass is 364 g/mol. The predicted octanol–water partition coefficient (Wildman–Crippen LogP) is 4.13. The summed E-state index contributed by atoms with van der Waals surface area (Å²) in [5.74, 6) is -0.159. The van der Waals surface area contributed by atoms with Crippen molar-refractivity contribution >= 4 is 33.5 Å². The summed E-state index contributed by atoms with van der Waals surface area (Å²) in [6, 6.07) is 7.91. The van der Waals surface area contributed by atoms with Crippen molar-refractivity contribution in [1.29, 1.82) is 0 Å². The standard InChI is InChI=1S/C15H13BrN2O4/c1-9-5-11(3-4-13(9)16)17-8-10-6-12(18(20)21)7-14(22-2)15(10)19/h3-8,19H,1-2H3. The molecule has 114 valence electrons. The number of nitro groups is 1. The molecule has 0 saturated heterocycles. The van der Waals surface area contributed by atoms with E-state index in [2.05, 4.69) is 20.9 Å². The van der Waals surface area contributed by atoms with Crippen LogP contribution in [-0.4, -0.2) is 23.4 Å². The van der Waals surface area contributed by atoms with Crippen LogP contribution in [0, 0.1) is 17.0 Å². The van der Waals surface area contributed by atoms with Gasteiger partial charge in [-0.3, -0.25) is 15.1 Å². The number of benzene rings is 2. The fourth-order valence-electron chi connectivity index (χ4n) is 1.83. The van der Waals surface area contributed by atoms with Crippen molar-refractivity contribution < 1.29 is 14.8 Å². The second-order valence-corrected chi connectivity index (χ2v) is 5.39. The van der Waals surface area contributed by atoms with Gasteiger partial charge in [-0.05, 0) is 30.7 Å². The minimum atomic E-state index is -0.553. The molecule has 0 heterocycles. The number of aliphatic imine (C=N–C) groups is 1. The first kappa shape index (κ1) is 16.0. The van der Waals surface area contributed by atoms with Crippen molar-refractivity contribution in [3.05, 3.63) is 56.0 Å². The number of ether oxygens (including phenoxy) is 1. The van der Waals surface area contributed by atoms with Crippen molar-refractivity contribution in [2.75, 3.05) is 7.11 Å². The Morgan fingerprint density at radius 3 is 2.68 bits per heavy atom. The summed E-state index contributed by atoms with van der Waals surface area (Å²) < 4.78 is 5.91. The molecule has 0 spiro atoms. The van der Waals surface area contributed by atoms with Gasteiger partial charge in [-0.1, -0.05) is 15.9 Å². The van der Waals surface area contributed by atoms with E-state index < -0.39 is 4.92 Å². The number of hydrogen-bond acceptors (Lipinski definition) is 5. The molecule has 0 atom stereocenters. The van der Waals surface area contributed by atoms with E-state index in [0.717, 1.165) is 16.1 Å². The first-order valence-electron chi connectivity index (χ1n) is 6.28. The van der Waals surface area contributed by atoms with Gasteiger partial charge in [0, 0.05) is 22.3 Å². The summed E-state index contributed by atoms with van der Waals surface area (Å²) in [4.78, 5) is 14.6. The molecule has 0 aliphatic heterocycles. The fourth-order valence-corrected chi connectivity index (χ4v) is 2.07. The van der Waals surface area contributed by atoms with Crippen LogP contribution in [0.1, 0.15) is 11.1 Å². The zero-order chi connectivity index (χ0) is 16.3. The third kappa shape index (κ3) is 3.43. The highest BCUT2D eigenvalue weighted by molar-refractivity contribution is 9.10. The van der Waals surface area contributed by atoms with Gasteiger partial charge in [0.15, 0.2) is 11.5 Å². The molecule has 0 radical (unpaired) electrons. The van der Waals surface area contributed by atoms with Gasteiger partial charge in [-0.2, -0.15) is 0 Å². The van der Waals surface area contributed by atoms with Crippen LogP contribution in [0.15, 0.2) is 39.8 Å². The second-order valence-electron chi connectivity index (χ2n) is 4.53. The minimum absolute atomic E-state index is 0.0302. The Labute approximate surface area is 135 Å². The molecule has 2 aromatic carbocycles. The summed E-state index contributed by atoms with van der Waals surface area (Å²) in [5.41, 5.74) is 1.72. The van der Waals surface area contributed by atoms with Gasteiger partial charge < -0.3 is 9.84 Å². The number of rotatable bonds is 4. The molecule has 0 unspecified atom stereocenters. The van der Waals surface area contributed by atoms with Crippen LogP contribution in [0.2, 0.25) is 0 Å². The normalized spacial score (nSPS) is 10.9. The van der Waals surface area contributed by atoms with E-state index in [9.17, 15) is 15.2 Å². The van der Waals surface area contributed by atoms with E-state index in [1.807, 2.05) is 19.1 Å². The molecule has 6 nitrogen and oxygen atoms in total. The summed E-state index contributed by atoms with van der Waals surface area (Å²) >= 11 is 3.40. The molecule has 2 rings (SSSR count). The molecule has 0 aliphatic rings. The number of phenols is 1. The number of halogens is 1. The lowest BCUT2D eigenvalue weighted by Gasteiger charge is -2.06. The average molecular weight is 365 g/mol. The molecule has 0 aromatic heterocycles. The Balaban J connectivity index is 2.43. The fraction of sp³-hybridized carbons (Fsp3) is 0.133. The molecule has 0 aliphatic carbocycles. The number of aromatic hydroxyl groups is 1. The summed E-state index contributed by atoms with van der Waals surface area (Å²) in [6.45, 7) is 1.93. The van der Waals surface area contributed by atoms with E-state index in [1.54, 1.807) is 6.07 Å². The largest absolute Gasteiger partial charge is 0.504 e. The average Bonchev–Trinajstić information content (AvgIpc) is 2.49. The highest BCUT2D eigenvalue weighted by Gasteiger charge is 2.15. The maximum Gasteiger partial charge on any atom is 0.274 e. The maximum atomic E-state index is 10.9. The number of aryl methyl sites for hydroxylation is 1. The van der Waals surface area contributed by atoms with Crippen LogP contribution in [0.5, 0.6) is 11.5 Å². The quantitative estimate of drug-likeness (QED) is 0.502. The van der Waals surface area contributed by atoms with Crippen molar-refractivity contribution in [3.63, 3.8) is 0 Å². The van der Waals surface area contributed by atoms with Gasteiger partial charge in [0.2, 0.25) is 0 Å². The molecule has 7 heteroatoms. The molecular weight excluding hydrogens is 352 g/mol. The Morgan fingerprint density at radius 1 is 1.36 bits per heavy atom. The van der Waals surface area contributed by atoms with E-state index in [4.69, 9.17) is 4.74 Å². The lowest BCUT2D eigenvalue weighted by molar-refractivity contribution is -0.385. The molecule has 0 saturated carbocycles. The van der Waals surface area contributed by atoms with Crippen LogP contribution < -0.4 is 4.74 Å². The van der Waals surface area contributed by atoms with E-state index >= 15 is 0 Å². The molecule has 0 amide bonds. The SMILES string of the molecule is COc1cc([N+](=O)[O-])cc(C=Nc2ccc(Br)c(C)c2)c1O. The van der Waals surface area contributed by atoms with E-state index in [-0.39, 0.29) is 22.7 Å². The van der Waals surface area contributed by atoms with Crippen LogP contribution in [0.25, 0.3) is 0 Å². The highest BCUT2D eigenvalue weighted by atomic mass is 79.9. The summed E-state index contributed by atoms with van der Waals surface area (Å²) in [7, 11) is 1.33. The lowest BCUT2D eigenvalue weighted by atomic mass is 10.1. The molecule has 1 N–H and O–H groups in total. The molecule has 22 heavy (non-hydrogen) atoms. The first-order chi connectivity index (χ1) is 10.4. The molecule has 2 aromatic rings. The van der Waals surface area contributed by atoms with Crippen molar-refractivity contribution in [1.82, 2.24) is 0 Å². The van der Waals surface area contributed by atoms with Crippen LogP contribution >= 0.6 is 15.9 Å². The third-order valence-electron chi connectivity index (χ3n) is 3.01. The number of nitrogens with zero attached hydrogens (tertiary/aromatic N) is 2. The van der Waals surface area contributed by atoms with Gasteiger partial charge in [0.1, 0.15) is 0 Å². The number of phenolic OH excluding ortho intramolecular Hbond substituents is 1. The second kappa shape index (κ2) is 6.57. The van der Waals surface area contributed by atoms with Gasteiger partial charge in [0.25, 0.3) is 5.69 Å². The third-order valence-corrected chi connectivity index (χ3v) is 3.90. The zero-order valence-electron chi connectivity index (χ0n) is 11.9. The predicted molar refractivity (Wildman–Crippen MR) is 87.4 cm³/mol. The Hall–Kier alpha value is -2.41. The van der Waals surface area contributed by atoms with Crippen molar-refractivity contribution in [2.45, 2.75) is 6.92 Å². The first-order valence-corrected chi connectivity index (χ1v) is 7.07. The van der Waals surface area contributed by atoms with Crippen molar-refractivity contribution in [2.24, 2.45) is 4.99 Å². The van der Waals surface area contributed by atoms with E-state index in [0.29, 0.717) is 5.69 Å². The number of methoxy groups -OCH3 is 1. The topological polar surface area (TPSA) is 85.0 Å². The Morgan fingerprint density at radius 2 is 2.09 bits per heavy atom. The van der Waals surface area contributed by atoms with E-state index in [1.165, 1.54) is 19.4 Å². The Kier molecular flexibility index (Phi) is 4.77. The van der Waals surface area contributed by atoms with Gasteiger partial charge in [0.05, 0.1) is 23.8 Å². The number of hydrogen-bond donors (Lipinski definition) is 1. The Bertz CT molecular complexity index is 759. The highest BCUT2D eigenvalue weighted by Crippen LogP contribution is 2.34. The molecule has 0 fully saturated rings. The smallest absolute Gasteiger partial charge is 0.274 e. The number of nitro benzene ring substituents is 1. The maximum absolute atomic E-state index is 10.9. The minimum Gasteiger partial charge on any atom is -0.504 e. The van der Waals surface area contributed by atoms with Gasteiger partial charge in [-0.25, -0.2) is 0 Å². The van der Waals surface area contributed by atoms with Crippen LogP contribution in [0.4, 0.5) is 11.4 Å². The summed E-state index contributed by atoms with van der Waals surface area (Å²) in [5, 5.41) is 20.9. The molecule has 0 bridgehead atoms. The summed E-state index contributed by atoms with van der Waals surface area (Å²) in [6.07, 6.45) is 1.37. The zero-order valence-corrected chi connectivity index (χ0v) is 13.5. The van der Waals surface area contributed by atoms with Gasteiger partial charge >= 0.3 is 0 Å². The van der Waals surface area contributed by atoms with Crippen LogP contribution in [0.3, 0.4) is 0 Å². The lowest BCUT2D eigenvalue weighted by Crippen LogP contribution is -1.94. The van der Waals surface area contributed by atoms with Crippen LogP contribution in [-0.2, 0) is 0 Å².